The molecule has 1 amide bonds. The molecule has 1 rings (SSSR count). The molecule has 110 valence electrons. The SMILES string of the molecule is Cc1ccc(F)c(C(=O)NC(/C(N)=N/O)C(C)C)c1F. The molecule has 5 nitrogen and oxygen atoms in total. The number of hydrogen-bond acceptors (Lipinski definition) is 3. The number of oxime groups is 1. The first-order valence-corrected chi connectivity index (χ1v) is 6.02. The smallest absolute Gasteiger partial charge is 0.257 e. The topological polar surface area (TPSA) is 87.7 Å². The number of nitrogens with two attached hydrogens (primary N) is 1. The van der Waals surface area contributed by atoms with Gasteiger partial charge in [-0.05, 0) is 24.5 Å². The van der Waals surface area contributed by atoms with Crippen LogP contribution in [0.4, 0.5) is 8.78 Å². The van der Waals surface area contributed by atoms with Gasteiger partial charge in [-0.15, -0.1) is 0 Å². The lowest BCUT2D eigenvalue weighted by molar-refractivity contribution is 0.0930. The summed E-state index contributed by atoms with van der Waals surface area (Å²) >= 11 is 0. The molecule has 0 saturated heterocycles. The fraction of sp³-hybridized carbons (Fsp3) is 0.385. The standard InChI is InChI=1S/C13H17F2N3O2/c1-6(2)11(12(16)18-20)17-13(19)9-8(14)5-4-7(3)10(9)15/h4-6,11,20H,1-3H3,(H2,16,18)(H,17,19). The average Bonchev–Trinajstić information content (AvgIpc) is 2.39. The van der Waals surface area contributed by atoms with Crippen molar-refractivity contribution in [2.75, 3.05) is 0 Å². The second kappa shape index (κ2) is 6.31. The fourth-order valence-electron chi connectivity index (χ4n) is 1.72. The second-order valence-electron chi connectivity index (χ2n) is 4.77. The van der Waals surface area contributed by atoms with E-state index in [2.05, 4.69) is 10.5 Å². The summed E-state index contributed by atoms with van der Waals surface area (Å²) in [5, 5.41) is 13.8. The van der Waals surface area contributed by atoms with Crippen LogP contribution in [-0.2, 0) is 0 Å². The van der Waals surface area contributed by atoms with Gasteiger partial charge in [-0.2, -0.15) is 0 Å². The molecule has 0 heterocycles. The minimum Gasteiger partial charge on any atom is -0.409 e. The summed E-state index contributed by atoms with van der Waals surface area (Å²) in [6.45, 7) is 4.85. The van der Waals surface area contributed by atoms with Gasteiger partial charge in [-0.3, -0.25) is 4.79 Å². The molecule has 0 fully saturated rings. The van der Waals surface area contributed by atoms with E-state index in [-0.39, 0.29) is 17.3 Å². The molecule has 4 N–H and O–H groups in total. The van der Waals surface area contributed by atoms with Gasteiger partial charge in [0, 0.05) is 0 Å². The van der Waals surface area contributed by atoms with E-state index in [1.807, 2.05) is 0 Å². The lowest BCUT2D eigenvalue weighted by Crippen LogP contribution is -2.48. The highest BCUT2D eigenvalue weighted by Crippen LogP contribution is 2.17. The van der Waals surface area contributed by atoms with Crippen molar-refractivity contribution in [2.24, 2.45) is 16.8 Å². The molecule has 0 spiro atoms. The highest BCUT2D eigenvalue weighted by molar-refractivity contribution is 5.98. The van der Waals surface area contributed by atoms with Gasteiger partial charge in [0.15, 0.2) is 5.84 Å². The molecular formula is C13H17F2N3O2. The maximum Gasteiger partial charge on any atom is 0.257 e. The van der Waals surface area contributed by atoms with Crippen LogP contribution >= 0.6 is 0 Å². The van der Waals surface area contributed by atoms with Crippen LogP contribution in [0.15, 0.2) is 17.3 Å². The summed E-state index contributed by atoms with van der Waals surface area (Å²) in [7, 11) is 0. The van der Waals surface area contributed by atoms with Crippen molar-refractivity contribution >= 4 is 11.7 Å². The Bertz CT molecular complexity index is 545. The molecule has 0 saturated carbocycles. The predicted octanol–water partition coefficient (Wildman–Crippen LogP) is 1.77. The summed E-state index contributed by atoms with van der Waals surface area (Å²) in [6, 6.07) is 1.43. The molecular weight excluding hydrogens is 268 g/mol. The number of carbonyl (C=O) groups excluding carboxylic acids is 1. The van der Waals surface area contributed by atoms with E-state index < -0.39 is 29.1 Å². The molecule has 0 aromatic heterocycles. The van der Waals surface area contributed by atoms with Gasteiger partial charge in [0.25, 0.3) is 5.91 Å². The van der Waals surface area contributed by atoms with Crippen LogP contribution in [0.5, 0.6) is 0 Å². The van der Waals surface area contributed by atoms with Crippen molar-refractivity contribution in [2.45, 2.75) is 26.8 Å². The molecule has 0 aliphatic heterocycles. The van der Waals surface area contributed by atoms with Gasteiger partial charge in [0.05, 0.1) is 6.04 Å². The van der Waals surface area contributed by atoms with Crippen molar-refractivity contribution in [3.8, 4) is 0 Å². The summed E-state index contributed by atoms with van der Waals surface area (Å²) in [4.78, 5) is 12.0. The molecule has 7 heteroatoms. The van der Waals surface area contributed by atoms with E-state index in [1.54, 1.807) is 13.8 Å². The zero-order chi connectivity index (χ0) is 15.4. The largest absolute Gasteiger partial charge is 0.409 e. The molecule has 1 aromatic rings. The van der Waals surface area contributed by atoms with Crippen molar-refractivity contribution in [3.05, 3.63) is 34.9 Å². The second-order valence-corrected chi connectivity index (χ2v) is 4.77. The Morgan fingerprint density at radius 3 is 2.50 bits per heavy atom. The van der Waals surface area contributed by atoms with Crippen molar-refractivity contribution < 1.29 is 18.8 Å². The average molecular weight is 285 g/mol. The van der Waals surface area contributed by atoms with Gasteiger partial charge in [0.1, 0.15) is 17.2 Å². The number of carbonyl (C=O) groups is 1. The Hall–Kier alpha value is -2.18. The lowest BCUT2D eigenvalue weighted by atomic mass is 10.0. The number of nitrogens with zero attached hydrogens (tertiary/aromatic N) is 1. The van der Waals surface area contributed by atoms with E-state index in [0.29, 0.717) is 0 Å². The monoisotopic (exact) mass is 285 g/mol. The first kappa shape index (κ1) is 15.9. The Balaban J connectivity index is 3.11. The van der Waals surface area contributed by atoms with Crippen LogP contribution < -0.4 is 11.1 Å². The van der Waals surface area contributed by atoms with E-state index in [4.69, 9.17) is 10.9 Å². The number of aryl methyl sites for hydroxylation is 1. The summed E-state index contributed by atoms with van der Waals surface area (Å²) in [6.07, 6.45) is 0. The normalized spacial score (nSPS) is 13.4. The van der Waals surface area contributed by atoms with E-state index in [9.17, 15) is 13.6 Å². The number of nitrogens with one attached hydrogen (secondary N) is 1. The molecule has 1 atom stereocenters. The summed E-state index contributed by atoms with van der Waals surface area (Å²) in [5.74, 6) is -3.29. The number of amides is 1. The summed E-state index contributed by atoms with van der Waals surface area (Å²) in [5.41, 5.74) is 4.92. The minimum atomic E-state index is -0.965. The van der Waals surface area contributed by atoms with Gasteiger partial charge < -0.3 is 16.3 Å². The van der Waals surface area contributed by atoms with Crippen molar-refractivity contribution in [1.29, 1.82) is 0 Å². The number of amidine groups is 1. The number of hydrogen-bond donors (Lipinski definition) is 3. The molecule has 1 aromatic carbocycles. The minimum absolute atomic E-state index is 0.154. The van der Waals surface area contributed by atoms with E-state index in [0.717, 1.165) is 6.07 Å². The highest BCUT2D eigenvalue weighted by atomic mass is 19.1. The Morgan fingerprint density at radius 1 is 1.40 bits per heavy atom. The molecule has 0 aliphatic rings. The van der Waals surface area contributed by atoms with Crippen molar-refractivity contribution in [3.63, 3.8) is 0 Å². The molecule has 0 bridgehead atoms. The van der Waals surface area contributed by atoms with Gasteiger partial charge in [-0.1, -0.05) is 25.1 Å². The molecule has 0 aliphatic carbocycles. The predicted molar refractivity (Wildman–Crippen MR) is 70.6 cm³/mol. The van der Waals surface area contributed by atoms with Crippen LogP contribution in [0.25, 0.3) is 0 Å². The van der Waals surface area contributed by atoms with E-state index in [1.165, 1.54) is 13.0 Å². The Kier molecular flexibility index (Phi) is 5.01. The maximum atomic E-state index is 13.8. The lowest BCUT2D eigenvalue weighted by Gasteiger charge is -2.21. The van der Waals surface area contributed by atoms with Crippen LogP contribution in [-0.4, -0.2) is 23.0 Å². The summed E-state index contributed by atoms with van der Waals surface area (Å²) < 4.78 is 27.4. The third-order valence-electron chi connectivity index (χ3n) is 2.90. The number of benzene rings is 1. The Labute approximate surface area is 115 Å². The van der Waals surface area contributed by atoms with Crippen LogP contribution in [0.3, 0.4) is 0 Å². The zero-order valence-corrected chi connectivity index (χ0v) is 11.4. The van der Waals surface area contributed by atoms with Crippen LogP contribution in [0.2, 0.25) is 0 Å². The van der Waals surface area contributed by atoms with Crippen LogP contribution in [0, 0.1) is 24.5 Å². The Morgan fingerprint density at radius 2 is 2.00 bits per heavy atom. The third kappa shape index (κ3) is 3.23. The first-order chi connectivity index (χ1) is 9.29. The van der Waals surface area contributed by atoms with Crippen LogP contribution in [0.1, 0.15) is 29.8 Å². The van der Waals surface area contributed by atoms with Crippen molar-refractivity contribution in [1.82, 2.24) is 5.32 Å². The first-order valence-electron chi connectivity index (χ1n) is 6.02. The highest BCUT2D eigenvalue weighted by Gasteiger charge is 2.25. The molecule has 20 heavy (non-hydrogen) atoms. The van der Waals surface area contributed by atoms with E-state index >= 15 is 0 Å². The number of rotatable bonds is 4. The quantitative estimate of drug-likeness (QED) is 0.341. The van der Waals surface area contributed by atoms with Gasteiger partial charge in [0.2, 0.25) is 0 Å². The maximum absolute atomic E-state index is 13.8. The fourth-order valence-corrected chi connectivity index (χ4v) is 1.72. The number of halogens is 2. The zero-order valence-electron chi connectivity index (χ0n) is 11.4. The molecule has 1 unspecified atom stereocenters. The third-order valence-corrected chi connectivity index (χ3v) is 2.90. The van der Waals surface area contributed by atoms with Gasteiger partial charge in [-0.25, -0.2) is 8.78 Å². The molecule has 0 radical (unpaired) electrons. The van der Waals surface area contributed by atoms with Gasteiger partial charge >= 0.3 is 0 Å².